The van der Waals surface area contributed by atoms with Crippen LogP contribution in [0, 0.1) is 6.92 Å². The summed E-state index contributed by atoms with van der Waals surface area (Å²) in [5.74, 6) is -1.02. The average Bonchev–Trinajstić information content (AvgIpc) is 2.59. The number of aromatic carboxylic acids is 1. The van der Waals surface area contributed by atoms with E-state index in [1.807, 2.05) is 31.7 Å². The van der Waals surface area contributed by atoms with E-state index in [-0.39, 0.29) is 18.2 Å². The predicted molar refractivity (Wildman–Crippen MR) is 101 cm³/mol. The second-order valence-electron chi connectivity index (χ2n) is 7.43. The lowest BCUT2D eigenvalue weighted by Gasteiger charge is -2.37. The van der Waals surface area contributed by atoms with Gasteiger partial charge in [-0.1, -0.05) is 5.11 Å². The molecule has 0 unspecified atom stereocenters. The number of carbonyl (C=O) groups excluding carboxylic acids is 1. The van der Waals surface area contributed by atoms with Crippen molar-refractivity contribution in [2.45, 2.75) is 39.8 Å². The van der Waals surface area contributed by atoms with Crippen LogP contribution in [0.3, 0.4) is 0 Å². The number of benzene rings is 1. The lowest BCUT2D eigenvalue weighted by Crippen LogP contribution is -2.50. The lowest BCUT2D eigenvalue weighted by molar-refractivity contribution is 0.0240. The van der Waals surface area contributed by atoms with Crippen LogP contribution >= 0.6 is 0 Å². The maximum Gasteiger partial charge on any atom is 0.410 e. The molecule has 0 spiro atoms. The van der Waals surface area contributed by atoms with Crippen LogP contribution in [0.2, 0.25) is 0 Å². The second-order valence-corrected chi connectivity index (χ2v) is 7.43. The molecule has 1 N–H and O–H groups in total. The Kier molecular flexibility index (Phi) is 6.17. The molecule has 0 radical (unpaired) electrons. The molecule has 1 saturated heterocycles. The van der Waals surface area contributed by atoms with Crippen LogP contribution in [-0.4, -0.2) is 53.8 Å². The van der Waals surface area contributed by atoms with Gasteiger partial charge in [0.25, 0.3) is 0 Å². The molecule has 0 bridgehead atoms. The smallest absolute Gasteiger partial charge is 0.410 e. The van der Waals surface area contributed by atoms with Crippen LogP contribution in [0.5, 0.6) is 0 Å². The maximum atomic E-state index is 12.2. The number of amides is 1. The molecule has 1 aliphatic rings. The van der Waals surface area contributed by atoms with Crippen LogP contribution < -0.4 is 4.90 Å². The van der Waals surface area contributed by atoms with Gasteiger partial charge in [0.05, 0.1) is 12.1 Å². The Morgan fingerprint density at radius 3 is 2.41 bits per heavy atom. The van der Waals surface area contributed by atoms with Gasteiger partial charge in [-0.3, -0.25) is 0 Å². The predicted octanol–water partition coefficient (Wildman–Crippen LogP) is 3.56. The molecule has 1 aromatic rings. The molecule has 0 saturated carbocycles. The van der Waals surface area contributed by atoms with Crippen LogP contribution in [0.25, 0.3) is 10.4 Å². The number of rotatable bonds is 4. The molecule has 1 heterocycles. The van der Waals surface area contributed by atoms with Gasteiger partial charge in [0.2, 0.25) is 0 Å². The summed E-state index contributed by atoms with van der Waals surface area (Å²) < 4.78 is 5.39. The van der Waals surface area contributed by atoms with Crippen molar-refractivity contribution in [2.75, 3.05) is 31.1 Å². The van der Waals surface area contributed by atoms with E-state index >= 15 is 0 Å². The summed E-state index contributed by atoms with van der Waals surface area (Å²) in [6, 6.07) is 3.47. The Morgan fingerprint density at radius 1 is 1.26 bits per heavy atom. The minimum Gasteiger partial charge on any atom is -0.478 e. The van der Waals surface area contributed by atoms with E-state index in [1.165, 1.54) is 0 Å². The van der Waals surface area contributed by atoms with Crippen molar-refractivity contribution in [3.8, 4) is 0 Å². The first-order valence-corrected chi connectivity index (χ1v) is 8.73. The fourth-order valence-electron chi connectivity index (χ4n) is 2.91. The van der Waals surface area contributed by atoms with E-state index in [4.69, 9.17) is 10.3 Å². The first-order valence-electron chi connectivity index (χ1n) is 8.73. The molecule has 0 aliphatic carbocycles. The van der Waals surface area contributed by atoms with Gasteiger partial charge in [-0.2, -0.15) is 0 Å². The van der Waals surface area contributed by atoms with Crippen molar-refractivity contribution in [3.05, 3.63) is 39.3 Å². The Bertz CT molecular complexity index is 773. The Labute approximate surface area is 158 Å². The molecule has 1 amide bonds. The van der Waals surface area contributed by atoms with Crippen LogP contribution in [0.1, 0.15) is 42.3 Å². The molecule has 27 heavy (non-hydrogen) atoms. The summed E-state index contributed by atoms with van der Waals surface area (Å²) in [6.45, 7) is 9.35. The molecular formula is C18H25N5O4. The van der Waals surface area contributed by atoms with Crippen molar-refractivity contribution in [3.63, 3.8) is 0 Å². The van der Waals surface area contributed by atoms with Gasteiger partial charge in [0.15, 0.2) is 0 Å². The van der Waals surface area contributed by atoms with Gasteiger partial charge in [-0.15, -0.1) is 0 Å². The summed E-state index contributed by atoms with van der Waals surface area (Å²) >= 11 is 0. The Morgan fingerprint density at radius 2 is 1.89 bits per heavy atom. The second kappa shape index (κ2) is 8.18. The molecule has 0 aromatic heterocycles. The SMILES string of the molecule is Cc1c(CN=[N+]=[N-])cc(N2CCN(C(=O)OC(C)(C)C)CC2)cc1C(=O)O. The number of azide groups is 1. The number of hydrogen-bond acceptors (Lipinski definition) is 5. The van der Waals surface area contributed by atoms with Gasteiger partial charge >= 0.3 is 12.1 Å². The lowest BCUT2D eigenvalue weighted by atomic mass is 10.0. The number of piperazine rings is 1. The normalized spacial score (nSPS) is 14.5. The van der Waals surface area contributed by atoms with Crippen molar-refractivity contribution in [1.29, 1.82) is 0 Å². The first kappa shape index (κ1) is 20.4. The Balaban J connectivity index is 2.17. The van der Waals surface area contributed by atoms with Crippen LogP contribution in [-0.2, 0) is 11.3 Å². The molecule has 2 rings (SSSR count). The highest BCUT2D eigenvalue weighted by atomic mass is 16.6. The molecule has 1 fully saturated rings. The number of carbonyl (C=O) groups is 2. The minimum atomic E-state index is -1.02. The van der Waals surface area contributed by atoms with Gasteiger partial charge in [-0.05, 0) is 56.5 Å². The molecule has 0 atom stereocenters. The zero-order valence-electron chi connectivity index (χ0n) is 16.1. The zero-order chi connectivity index (χ0) is 20.2. The molecule has 146 valence electrons. The van der Waals surface area contributed by atoms with Gasteiger partial charge in [0.1, 0.15) is 5.60 Å². The highest BCUT2D eigenvalue weighted by Gasteiger charge is 2.26. The third-order valence-electron chi connectivity index (χ3n) is 4.33. The van der Waals surface area contributed by atoms with E-state index < -0.39 is 11.6 Å². The first-order chi connectivity index (χ1) is 12.6. The molecular weight excluding hydrogens is 350 g/mol. The molecule has 1 aliphatic heterocycles. The molecule has 9 nitrogen and oxygen atoms in total. The highest BCUT2D eigenvalue weighted by Crippen LogP contribution is 2.26. The number of carboxylic acid groups (broad SMARTS) is 1. The number of hydrogen-bond donors (Lipinski definition) is 1. The third-order valence-corrected chi connectivity index (χ3v) is 4.33. The molecule has 9 heteroatoms. The zero-order valence-corrected chi connectivity index (χ0v) is 16.1. The Hall–Kier alpha value is -2.93. The van der Waals surface area contributed by atoms with E-state index in [0.29, 0.717) is 37.3 Å². The fourth-order valence-corrected chi connectivity index (χ4v) is 2.91. The average molecular weight is 375 g/mol. The summed E-state index contributed by atoms with van der Waals surface area (Å²) in [5, 5.41) is 13.0. The highest BCUT2D eigenvalue weighted by molar-refractivity contribution is 5.91. The summed E-state index contributed by atoms with van der Waals surface area (Å²) in [5.41, 5.74) is 10.2. The van der Waals surface area contributed by atoms with Gasteiger partial charge in [0, 0.05) is 36.8 Å². The summed E-state index contributed by atoms with van der Waals surface area (Å²) in [4.78, 5) is 30.2. The largest absolute Gasteiger partial charge is 0.478 e. The van der Waals surface area contributed by atoms with Gasteiger partial charge in [-0.25, -0.2) is 9.59 Å². The quantitative estimate of drug-likeness (QED) is 0.490. The number of anilines is 1. The topological polar surface area (TPSA) is 119 Å². The minimum absolute atomic E-state index is 0.0916. The molecule has 1 aromatic carbocycles. The third kappa shape index (κ3) is 5.27. The van der Waals surface area contributed by atoms with E-state index in [9.17, 15) is 14.7 Å². The van der Waals surface area contributed by atoms with E-state index in [0.717, 1.165) is 5.69 Å². The summed E-state index contributed by atoms with van der Waals surface area (Å²) in [7, 11) is 0. The fraction of sp³-hybridized carbons (Fsp3) is 0.556. The van der Waals surface area contributed by atoms with Crippen molar-refractivity contribution in [1.82, 2.24) is 4.90 Å². The van der Waals surface area contributed by atoms with E-state index in [2.05, 4.69) is 10.0 Å². The van der Waals surface area contributed by atoms with Crippen molar-refractivity contribution >= 4 is 17.7 Å². The van der Waals surface area contributed by atoms with Gasteiger partial charge < -0.3 is 19.6 Å². The number of nitrogens with zero attached hydrogens (tertiary/aromatic N) is 5. The maximum absolute atomic E-state index is 12.2. The number of ether oxygens (including phenoxy) is 1. The van der Waals surface area contributed by atoms with Crippen molar-refractivity contribution < 1.29 is 19.4 Å². The standard InChI is InChI=1S/C18H25N5O4/c1-12-13(11-20-21-19)9-14(10-15(12)16(24)25)22-5-7-23(8-6-22)17(26)27-18(2,3)4/h9-10H,5-8,11H2,1-4H3,(H,24,25). The van der Waals surface area contributed by atoms with E-state index in [1.54, 1.807) is 17.9 Å². The number of carboxylic acids is 1. The monoisotopic (exact) mass is 375 g/mol. The van der Waals surface area contributed by atoms with Crippen LogP contribution in [0.4, 0.5) is 10.5 Å². The van der Waals surface area contributed by atoms with Crippen molar-refractivity contribution in [2.24, 2.45) is 5.11 Å². The van der Waals surface area contributed by atoms with Crippen LogP contribution in [0.15, 0.2) is 17.2 Å². The summed E-state index contributed by atoms with van der Waals surface area (Å²) in [6.07, 6.45) is -0.346.